The molecule has 0 saturated carbocycles. The number of nitrogens with one attached hydrogen (secondary N) is 1. The van der Waals surface area contributed by atoms with Crippen LogP contribution in [0.2, 0.25) is 0 Å². The van der Waals surface area contributed by atoms with E-state index in [2.05, 4.69) is 5.32 Å². The summed E-state index contributed by atoms with van der Waals surface area (Å²) in [4.78, 5) is 34.5. The minimum absolute atomic E-state index is 0.0488. The monoisotopic (exact) mass is 352 g/mol. The van der Waals surface area contributed by atoms with Crippen molar-refractivity contribution in [2.45, 2.75) is 57.4 Å². The van der Waals surface area contributed by atoms with Crippen molar-refractivity contribution in [1.82, 2.24) is 5.32 Å². The van der Waals surface area contributed by atoms with Gasteiger partial charge in [0.15, 0.2) is 11.0 Å². The van der Waals surface area contributed by atoms with Gasteiger partial charge in [-0.05, 0) is 25.7 Å². The van der Waals surface area contributed by atoms with Crippen LogP contribution in [0.4, 0.5) is 0 Å². The second-order valence-electron chi connectivity index (χ2n) is 5.72. The molecular formula is C13H24N2O7S. The van der Waals surface area contributed by atoms with E-state index in [4.69, 9.17) is 15.4 Å². The number of carboxylic acids is 1. The normalized spacial score (nSPS) is 15.7. The topological polar surface area (TPSA) is 164 Å². The van der Waals surface area contributed by atoms with Crippen LogP contribution in [0.25, 0.3) is 0 Å². The highest BCUT2D eigenvalue weighted by atomic mass is 32.2. The number of carbonyl (C=O) groups is 3. The van der Waals surface area contributed by atoms with Crippen LogP contribution >= 0.6 is 0 Å². The van der Waals surface area contributed by atoms with Gasteiger partial charge >= 0.3 is 5.97 Å². The fraction of sp³-hybridized carbons (Fsp3) is 0.769. The van der Waals surface area contributed by atoms with Crippen molar-refractivity contribution < 1.29 is 32.5 Å². The highest BCUT2D eigenvalue weighted by molar-refractivity contribution is 7.87. The van der Waals surface area contributed by atoms with Gasteiger partial charge in [0.2, 0.25) is 5.91 Å². The number of carboxylic acid groups (broad SMARTS) is 1. The highest BCUT2D eigenvalue weighted by Crippen LogP contribution is 2.13. The Hall–Kier alpha value is -1.52. The summed E-state index contributed by atoms with van der Waals surface area (Å²) in [7, 11) is -4.73. The lowest BCUT2D eigenvalue weighted by atomic mass is 9.95. The molecule has 0 aromatic rings. The highest BCUT2D eigenvalue weighted by Gasteiger charge is 2.31. The summed E-state index contributed by atoms with van der Waals surface area (Å²) < 4.78 is 30.7. The van der Waals surface area contributed by atoms with Gasteiger partial charge in [-0.3, -0.25) is 18.9 Å². The number of amides is 1. The first-order valence-electron chi connectivity index (χ1n) is 7.15. The first kappa shape index (κ1) is 21.5. The van der Waals surface area contributed by atoms with E-state index in [9.17, 15) is 22.8 Å². The second kappa shape index (κ2) is 8.94. The zero-order valence-corrected chi connectivity index (χ0v) is 14.2. The first-order chi connectivity index (χ1) is 10.4. The molecule has 134 valence electrons. The largest absolute Gasteiger partial charge is 0.480 e. The maximum Gasteiger partial charge on any atom is 0.324 e. The van der Waals surface area contributed by atoms with Gasteiger partial charge in [-0.2, -0.15) is 8.42 Å². The number of aliphatic carboxylic acids is 1. The van der Waals surface area contributed by atoms with Gasteiger partial charge in [0.05, 0.1) is 12.1 Å². The maximum absolute atomic E-state index is 12.1. The van der Waals surface area contributed by atoms with Crippen molar-refractivity contribution in [3.05, 3.63) is 0 Å². The van der Waals surface area contributed by atoms with Crippen LogP contribution < -0.4 is 11.1 Å². The van der Waals surface area contributed by atoms with Gasteiger partial charge < -0.3 is 16.2 Å². The van der Waals surface area contributed by atoms with Crippen molar-refractivity contribution in [3.63, 3.8) is 0 Å². The Balaban J connectivity index is 4.71. The molecule has 0 saturated heterocycles. The fourth-order valence-corrected chi connectivity index (χ4v) is 2.64. The molecule has 0 aliphatic rings. The molecule has 0 rings (SSSR count). The maximum atomic E-state index is 12.1. The summed E-state index contributed by atoms with van der Waals surface area (Å²) in [5.74, 6) is -2.72. The van der Waals surface area contributed by atoms with Crippen LogP contribution in [0.15, 0.2) is 0 Å². The van der Waals surface area contributed by atoms with Crippen LogP contribution in [0.3, 0.4) is 0 Å². The number of hydrogen-bond acceptors (Lipinski definition) is 6. The third-order valence-corrected chi connectivity index (χ3v) is 4.41. The van der Waals surface area contributed by atoms with E-state index in [1.54, 1.807) is 13.8 Å². The molecule has 0 aliphatic heterocycles. The average Bonchev–Trinajstić information content (AvgIpc) is 2.37. The molecule has 0 heterocycles. The van der Waals surface area contributed by atoms with Gasteiger partial charge in [0, 0.05) is 6.42 Å². The molecule has 0 fully saturated rings. The van der Waals surface area contributed by atoms with E-state index in [1.165, 1.54) is 6.92 Å². The van der Waals surface area contributed by atoms with Crippen molar-refractivity contribution in [1.29, 1.82) is 0 Å². The standard InChI is InChI=1S/C13H24N2O7S/c1-7(2)11(15-12(17)8(3)14)9(16)5-4-6-10(13(18)19)23(20,21)22/h7-8,10-11H,4-6,14H2,1-3H3,(H,15,17)(H,18,19)(H,20,21,22)/t8-,10?,11-/m1/s1. The molecule has 1 amide bonds. The van der Waals surface area contributed by atoms with Crippen LogP contribution in [0, 0.1) is 5.92 Å². The predicted octanol–water partition coefficient (Wildman–Crippen LogP) is -0.445. The Morgan fingerprint density at radius 3 is 2.04 bits per heavy atom. The van der Waals surface area contributed by atoms with Gasteiger partial charge in [0.1, 0.15) is 0 Å². The molecule has 0 aliphatic carbocycles. The third kappa shape index (κ3) is 7.53. The van der Waals surface area contributed by atoms with Crippen molar-refractivity contribution in [3.8, 4) is 0 Å². The Morgan fingerprint density at radius 2 is 1.70 bits per heavy atom. The molecule has 0 aromatic heterocycles. The zero-order chi connectivity index (χ0) is 18.4. The number of rotatable bonds is 10. The Bertz CT molecular complexity index is 543. The summed E-state index contributed by atoms with van der Waals surface area (Å²) in [6.07, 6.45) is -0.569. The third-order valence-electron chi connectivity index (χ3n) is 3.25. The first-order valence-corrected chi connectivity index (χ1v) is 8.66. The molecule has 1 unspecified atom stereocenters. The minimum atomic E-state index is -4.73. The smallest absolute Gasteiger partial charge is 0.324 e. The Labute approximate surface area is 135 Å². The van der Waals surface area contributed by atoms with E-state index in [0.29, 0.717) is 0 Å². The molecule has 0 spiro atoms. The van der Waals surface area contributed by atoms with Gasteiger partial charge in [-0.25, -0.2) is 0 Å². The lowest BCUT2D eigenvalue weighted by Gasteiger charge is -2.22. The molecule has 0 aromatic carbocycles. The molecule has 0 bridgehead atoms. The molecule has 0 radical (unpaired) electrons. The van der Waals surface area contributed by atoms with E-state index in [1.807, 2.05) is 0 Å². The number of ketones is 1. The molecule has 9 nitrogen and oxygen atoms in total. The molecule has 5 N–H and O–H groups in total. The van der Waals surface area contributed by atoms with Crippen molar-refractivity contribution in [2.24, 2.45) is 11.7 Å². The SMILES string of the molecule is CC(C)[C@@H](NC(=O)[C@@H](C)N)C(=O)CCCC(C(=O)O)S(=O)(=O)O. The van der Waals surface area contributed by atoms with E-state index >= 15 is 0 Å². The zero-order valence-electron chi connectivity index (χ0n) is 13.4. The Kier molecular flexibility index (Phi) is 8.35. The second-order valence-corrected chi connectivity index (χ2v) is 7.32. The predicted molar refractivity (Wildman–Crippen MR) is 82.2 cm³/mol. The quantitative estimate of drug-likeness (QED) is 0.384. The number of hydrogen-bond donors (Lipinski definition) is 4. The lowest BCUT2D eigenvalue weighted by Crippen LogP contribution is -2.49. The summed E-state index contributed by atoms with van der Waals surface area (Å²) in [5, 5.41) is 9.30. The number of Topliss-reactive ketones (excluding diaryl/α,β-unsaturated/α-hetero) is 1. The molecule has 23 heavy (non-hydrogen) atoms. The number of nitrogens with two attached hydrogens (primary N) is 1. The van der Waals surface area contributed by atoms with Crippen LogP contribution in [-0.4, -0.2) is 53.1 Å². The lowest BCUT2D eigenvalue weighted by molar-refractivity contribution is -0.137. The summed E-state index contributed by atoms with van der Waals surface area (Å²) in [5.41, 5.74) is 5.42. The number of carbonyl (C=O) groups excluding carboxylic acids is 2. The van der Waals surface area contributed by atoms with Crippen LogP contribution in [-0.2, 0) is 24.5 Å². The van der Waals surface area contributed by atoms with Gasteiger partial charge in [-0.1, -0.05) is 13.8 Å². The summed E-state index contributed by atoms with van der Waals surface area (Å²) >= 11 is 0. The average molecular weight is 352 g/mol. The van der Waals surface area contributed by atoms with Gasteiger partial charge in [-0.15, -0.1) is 0 Å². The summed E-state index contributed by atoms with van der Waals surface area (Å²) in [6, 6.07) is -1.57. The minimum Gasteiger partial charge on any atom is -0.480 e. The molecular weight excluding hydrogens is 328 g/mol. The van der Waals surface area contributed by atoms with E-state index < -0.39 is 45.7 Å². The molecule has 10 heteroatoms. The molecule has 3 atom stereocenters. The van der Waals surface area contributed by atoms with E-state index in [-0.39, 0.29) is 24.5 Å². The summed E-state index contributed by atoms with van der Waals surface area (Å²) in [6.45, 7) is 4.92. The van der Waals surface area contributed by atoms with Crippen LogP contribution in [0.1, 0.15) is 40.0 Å². The van der Waals surface area contributed by atoms with Crippen molar-refractivity contribution >= 4 is 27.8 Å². The van der Waals surface area contributed by atoms with Crippen molar-refractivity contribution in [2.75, 3.05) is 0 Å². The van der Waals surface area contributed by atoms with E-state index in [0.717, 1.165) is 0 Å². The fourth-order valence-electron chi connectivity index (χ4n) is 1.92. The van der Waals surface area contributed by atoms with Crippen LogP contribution in [0.5, 0.6) is 0 Å². The van der Waals surface area contributed by atoms with Gasteiger partial charge in [0.25, 0.3) is 10.1 Å². The Morgan fingerprint density at radius 1 is 1.17 bits per heavy atom.